The Kier molecular flexibility index (Phi) is 5.17. The fourth-order valence-corrected chi connectivity index (χ4v) is 3.42. The summed E-state index contributed by atoms with van der Waals surface area (Å²) >= 11 is 0. The maximum atomic E-state index is 11.7. The van der Waals surface area contributed by atoms with Gasteiger partial charge in [-0.15, -0.1) is 0 Å². The molecule has 1 aliphatic heterocycles. The summed E-state index contributed by atoms with van der Waals surface area (Å²) in [5.74, 6) is 0. The first-order valence-corrected chi connectivity index (χ1v) is 7.43. The van der Waals surface area contributed by atoms with Crippen molar-refractivity contribution in [3.8, 4) is 0 Å². The molecule has 1 heterocycles. The van der Waals surface area contributed by atoms with Crippen molar-refractivity contribution in [1.29, 1.82) is 0 Å². The maximum absolute atomic E-state index is 11.7. The van der Waals surface area contributed by atoms with Gasteiger partial charge in [-0.2, -0.15) is 0 Å². The molecule has 5 nitrogen and oxygen atoms in total. The minimum absolute atomic E-state index is 0.323. The zero-order valence-electron chi connectivity index (χ0n) is 10.0. The van der Waals surface area contributed by atoms with E-state index in [1.165, 1.54) is 0 Å². The summed E-state index contributed by atoms with van der Waals surface area (Å²) in [7, 11) is -3.16. The van der Waals surface area contributed by atoms with Gasteiger partial charge in [-0.1, -0.05) is 13.8 Å². The number of aliphatic hydroxyl groups is 1. The van der Waals surface area contributed by atoms with E-state index in [-0.39, 0.29) is 11.4 Å². The lowest BCUT2D eigenvalue weighted by Crippen LogP contribution is -2.37. The monoisotopic (exact) mass is 250 g/mol. The zero-order chi connectivity index (χ0) is 12.2. The van der Waals surface area contributed by atoms with Crippen molar-refractivity contribution >= 4 is 10.0 Å². The molecule has 1 rings (SSSR count). The van der Waals surface area contributed by atoms with E-state index in [4.69, 9.17) is 0 Å². The lowest BCUT2D eigenvalue weighted by Gasteiger charge is -2.19. The van der Waals surface area contributed by atoms with Gasteiger partial charge in [-0.3, -0.25) is 4.90 Å². The summed E-state index contributed by atoms with van der Waals surface area (Å²) in [4.78, 5) is 2.02. The van der Waals surface area contributed by atoms with Crippen LogP contribution in [0.15, 0.2) is 0 Å². The highest BCUT2D eigenvalue weighted by Gasteiger charge is 2.32. The number of likely N-dealkylation sites (tertiary alicyclic amines) is 1. The first kappa shape index (κ1) is 13.9. The van der Waals surface area contributed by atoms with Crippen LogP contribution in [0, 0.1) is 0 Å². The van der Waals surface area contributed by atoms with Crippen LogP contribution in [0.25, 0.3) is 0 Å². The number of nitrogens with zero attached hydrogens (tertiary/aromatic N) is 1. The Morgan fingerprint density at radius 2 is 2.19 bits per heavy atom. The molecule has 1 unspecified atom stereocenters. The number of rotatable bonds is 6. The first-order chi connectivity index (χ1) is 7.49. The van der Waals surface area contributed by atoms with E-state index >= 15 is 0 Å². The van der Waals surface area contributed by atoms with E-state index in [1.807, 2.05) is 11.8 Å². The molecule has 0 aromatic rings. The molecule has 0 aromatic carbocycles. The smallest absolute Gasteiger partial charge is 0.215 e. The summed E-state index contributed by atoms with van der Waals surface area (Å²) in [6.45, 7) is 6.02. The SMILES string of the molecule is CCNS(=O)(=O)C1CCN(C[C@H](O)CC)C1. The Morgan fingerprint density at radius 3 is 2.75 bits per heavy atom. The standard InChI is InChI=1S/C10H22N2O3S/c1-3-9(13)7-12-6-5-10(8-12)16(14,15)11-4-2/h9-11,13H,3-8H2,1-2H3/t9-,10?/m1/s1. The fourth-order valence-electron chi connectivity index (χ4n) is 1.96. The van der Waals surface area contributed by atoms with Crippen LogP contribution in [0.1, 0.15) is 26.7 Å². The van der Waals surface area contributed by atoms with Gasteiger partial charge in [0.05, 0.1) is 11.4 Å². The predicted molar refractivity (Wildman–Crippen MR) is 63.7 cm³/mol. The van der Waals surface area contributed by atoms with Gasteiger partial charge in [0.2, 0.25) is 10.0 Å². The molecule has 2 N–H and O–H groups in total. The van der Waals surface area contributed by atoms with Crippen LogP contribution in [0.4, 0.5) is 0 Å². The normalized spacial score (nSPS) is 24.8. The van der Waals surface area contributed by atoms with Gasteiger partial charge in [0, 0.05) is 19.6 Å². The van der Waals surface area contributed by atoms with Crippen LogP contribution in [-0.4, -0.2) is 56.0 Å². The van der Waals surface area contributed by atoms with E-state index in [2.05, 4.69) is 4.72 Å². The summed E-state index contributed by atoms with van der Waals surface area (Å²) in [6.07, 6.45) is 1.02. The molecule has 16 heavy (non-hydrogen) atoms. The minimum atomic E-state index is -3.16. The lowest BCUT2D eigenvalue weighted by molar-refractivity contribution is 0.122. The van der Waals surface area contributed by atoms with Crippen LogP contribution in [0.3, 0.4) is 0 Å². The lowest BCUT2D eigenvalue weighted by atomic mass is 10.2. The van der Waals surface area contributed by atoms with Crippen molar-refractivity contribution in [1.82, 2.24) is 9.62 Å². The minimum Gasteiger partial charge on any atom is -0.392 e. The third-order valence-corrected chi connectivity index (χ3v) is 4.91. The van der Waals surface area contributed by atoms with Gasteiger partial charge in [-0.05, 0) is 19.4 Å². The number of hydrogen-bond acceptors (Lipinski definition) is 4. The van der Waals surface area contributed by atoms with Gasteiger partial charge in [0.1, 0.15) is 0 Å². The second-order valence-electron chi connectivity index (χ2n) is 4.28. The van der Waals surface area contributed by atoms with Crippen molar-refractivity contribution in [3.63, 3.8) is 0 Å². The molecule has 0 aliphatic carbocycles. The Hall–Kier alpha value is -0.170. The summed E-state index contributed by atoms with van der Waals surface area (Å²) < 4.78 is 26.0. The topological polar surface area (TPSA) is 69.6 Å². The summed E-state index contributed by atoms with van der Waals surface area (Å²) in [5, 5.41) is 9.18. The highest BCUT2D eigenvalue weighted by atomic mass is 32.2. The van der Waals surface area contributed by atoms with Crippen molar-refractivity contribution < 1.29 is 13.5 Å². The maximum Gasteiger partial charge on any atom is 0.215 e. The molecular weight excluding hydrogens is 228 g/mol. The second-order valence-corrected chi connectivity index (χ2v) is 6.32. The average Bonchev–Trinajstić information content (AvgIpc) is 2.66. The third kappa shape index (κ3) is 3.69. The molecular formula is C10H22N2O3S. The molecule has 6 heteroatoms. The Labute approximate surface area is 97.9 Å². The molecule has 1 saturated heterocycles. The van der Waals surface area contributed by atoms with Crippen LogP contribution in [0.5, 0.6) is 0 Å². The van der Waals surface area contributed by atoms with E-state index in [0.29, 0.717) is 32.5 Å². The van der Waals surface area contributed by atoms with Crippen LogP contribution >= 0.6 is 0 Å². The average molecular weight is 250 g/mol. The Balaban J connectivity index is 2.46. The third-order valence-electron chi connectivity index (χ3n) is 2.95. The number of β-amino-alcohol motifs (C(OH)–C–C–N with tert-alkyl or cyclic N) is 1. The quantitative estimate of drug-likeness (QED) is 0.683. The summed E-state index contributed by atoms with van der Waals surface area (Å²) in [6, 6.07) is 0. The molecule has 0 spiro atoms. The number of sulfonamides is 1. The van der Waals surface area contributed by atoms with Gasteiger partial charge >= 0.3 is 0 Å². The van der Waals surface area contributed by atoms with Crippen LogP contribution in [0.2, 0.25) is 0 Å². The predicted octanol–water partition coefficient (Wildman–Crippen LogP) is -0.229. The fraction of sp³-hybridized carbons (Fsp3) is 1.00. The molecule has 0 amide bonds. The van der Waals surface area contributed by atoms with Crippen molar-refractivity contribution in [2.24, 2.45) is 0 Å². The number of aliphatic hydroxyl groups excluding tert-OH is 1. The Morgan fingerprint density at radius 1 is 1.50 bits per heavy atom. The van der Waals surface area contributed by atoms with Gasteiger partial charge < -0.3 is 5.11 Å². The molecule has 96 valence electrons. The first-order valence-electron chi connectivity index (χ1n) is 5.88. The van der Waals surface area contributed by atoms with Crippen molar-refractivity contribution in [2.45, 2.75) is 38.0 Å². The zero-order valence-corrected chi connectivity index (χ0v) is 10.8. The molecule has 0 radical (unpaired) electrons. The molecule has 0 aromatic heterocycles. The van der Waals surface area contributed by atoms with Crippen LogP contribution in [-0.2, 0) is 10.0 Å². The number of nitrogens with one attached hydrogen (secondary N) is 1. The van der Waals surface area contributed by atoms with E-state index in [0.717, 1.165) is 6.54 Å². The van der Waals surface area contributed by atoms with E-state index < -0.39 is 10.0 Å². The van der Waals surface area contributed by atoms with E-state index in [9.17, 15) is 13.5 Å². The van der Waals surface area contributed by atoms with Crippen molar-refractivity contribution in [3.05, 3.63) is 0 Å². The molecule has 1 fully saturated rings. The molecule has 1 aliphatic rings. The summed E-state index contributed by atoms with van der Waals surface area (Å²) in [5.41, 5.74) is 0. The largest absolute Gasteiger partial charge is 0.392 e. The van der Waals surface area contributed by atoms with Gasteiger partial charge in [0.25, 0.3) is 0 Å². The van der Waals surface area contributed by atoms with Crippen LogP contribution < -0.4 is 4.72 Å². The van der Waals surface area contributed by atoms with Gasteiger partial charge in [0.15, 0.2) is 0 Å². The van der Waals surface area contributed by atoms with Crippen molar-refractivity contribution in [2.75, 3.05) is 26.2 Å². The Bertz CT molecular complexity index is 305. The molecule has 0 bridgehead atoms. The highest BCUT2D eigenvalue weighted by Crippen LogP contribution is 2.16. The second kappa shape index (κ2) is 5.95. The number of hydrogen-bond donors (Lipinski definition) is 2. The van der Waals surface area contributed by atoms with Gasteiger partial charge in [-0.25, -0.2) is 13.1 Å². The molecule has 0 saturated carbocycles. The van der Waals surface area contributed by atoms with E-state index in [1.54, 1.807) is 6.92 Å². The highest BCUT2D eigenvalue weighted by molar-refractivity contribution is 7.90. The molecule has 2 atom stereocenters.